The number of rotatable bonds is 6. The molecule has 0 unspecified atom stereocenters. The van der Waals surface area contributed by atoms with Crippen LogP contribution in [-0.2, 0) is 14.8 Å². The molecular weight excluding hydrogens is 460 g/mol. The van der Waals surface area contributed by atoms with Crippen LogP contribution < -0.4 is 20.7 Å². The third-order valence-corrected chi connectivity index (χ3v) is 6.63. The van der Waals surface area contributed by atoms with Gasteiger partial charge < -0.3 is 19.4 Å². The number of aryl methyl sites for hydroxylation is 1. The Morgan fingerprint density at radius 2 is 1.74 bits per heavy atom. The number of fused-ring (bicyclic) bond motifs is 1. The molecule has 2 aromatic carbocycles. The molecule has 0 saturated carbocycles. The number of aromatic nitrogens is 3. The predicted octanol–water partition coefficient (Wildman–Crippen LogP) is 2.60. The fraction of sp³-hybridized carbons (Fsp3) is 0.227. The maximum atomic E-state index is 12.8. The smallest absolute Gasteiger partial charge is 0.408 e. The Bertz CT molecular complexity index is 1490. The van der Waals surface area contributed by atoms with E-state index in [1.807, 2.05) is 13.0 Å². The van der Waals surface area contributed by atoms with Crippen LogP contribution >= 0.6 is 0 Å². The van der Waals surface area contributed by atoms with Gasteiger partial charge in [-0.25, -0.2) is 18.2 Å². The van der Waals surface area contributed by atoms with E-state index < -0.39 is 15.8 Å². The van der Waals surface area contributed by atoms with Crippen molar-refractivity contribution in [2.24, 2.45) is 0 Å². The van der Waals surface area contributed by atoms with Gasteiger partial charge in [0.2, 0.25) is 5.95 Å². The van der Waals surface area contributed by atoms with Crippen LogP contribution in [0.3, 0.4) is 0 Å². The van der Waals surface area contributed by atoms with Gasteiger partial charge in [0.25, 0.3) is 10.0 Å². The van der Waals surface area contributed by atoms with Crippen molar-refractivity contribution in [2.75, 3.05) is 41.2 Å². The number of benzene rings is 2. The van der Waals surface area contributed by atoms with Crippen LogP contribution in [0.15, 0.2) is 62.6 Å². The first kappa shape index (κ1) is 21.9. The summed E-state index contributed by atoms with van der Waals surface area (Å²) in [7, 11) is -3.86. The van der Waals surface area contributed by atoms with Crippen LogP contribution in [0.4, 0.5) is 23.1 Å². The third-order valence-electron chi connectivity index (χ3n) is 5.25. The van der Waals surface area contributed by atoms with Gasteiger partial charge in [0, 0.05) is 36.2 Å². The molecule has 4 aromatic rings. The molecule has 1 aliphatic heterocycles. The molecule has 0 amide bonds. The lowest BCUT2D eigenvalue weighted by Crippen LogP contribution is -2.37. The average Bonchev–Trinajstić information content (AvgIpc) is 3.20. The van der Waals surface area contributed by atoms with E-state index in [0.29, 0.717) is 36.2 Å². The number of oxazole rings is 1. The molecule has 1 aliphatic rings. The Labute approximate surface area is 194 Å². The van der Waals surface area contributed by atoms with Crippen LogP contribution in [0.25, 0.3) is 11.1 Å². The summed E-state index contributed by atoms with van der Waals surface area (Å²) in [5, 5.41) is 3.24. The number of hydrogen-bond donors (Lipinski definition) is 3. The molecule has 3 heterocycles. The number of anilines is 4. The van der Waals surface area contributed by atoms with Crippen molar-refractivity contribution in [3.05, 3.63) is 64.8 Å². The number of H-pyrrole nitrogens is 1. The normalized spacial score (nSPS) is 14.3. The van der Waals surface area contributed by atoms with Crippen LogP contribution in [0.2, 0.25) is 0 Å². The van der Waals surface area contributed by atoms with Crippen molar-refractivity contribution >= 4 is 44.3 Å². The second kappa shape index (κ2) is 8.80. The lowest BCUT2D eigenvalue weighted by atomic mass is 10.3. The Morgan fingerprint density at radius 3 is 2.50 bits per heavy atom. The fourth-order valence-corrected chi connectivity index (χ4v) is 4.69. The highest BCUT2D eigenvalue weighted by molar-refractivity contribution is 7.92. The summed E-state index contributed by atoms with van der Waals surface area (Å²) in [6.45, 7) is 4.67. The Hall–Kier alpha value is -3.90. The number of nitrogens with zero attached hydrogens (tertiary/aromatic N) is 3. The molecule has 1 fully saturated rings. The maximum Gasteiger partial charge on any atom is 0.417 e. The second-order valence-corrected chi connectivity index (χ2v) is 9.46. The highest BCUT2D eigenvalue weighted by Gasteiger charge is 2.17. The van der Waals surface area contributed by atoms with Gasteiger partial charge in [-0.15, -0.1) is 0 Å². The molecule has 11 nitrogen and oxygen atoms in total. The molecule has 0 spiro atoms. The van der Waals surface area contributed by atoms with Gasteiger partial charge in [-0.1, -0.05) is 0 Å². The number of sulfonamides is 1. The van der Waals surface area contributed by atoms with Gasteiger partial charge in [-0.2, -0.15) is 4.98 Å². The first-order chi connectivity index (χ1) is 16.4. The minimum absolute atomic E-state index is 0.00588. The van der Waals surface area contributed by atoms with Gasteiger partial charge in [-0.05, 0) is 49.4 Å². The summed E-state index contributed by atoms with van der Waals surface area (Å²) in [6.07, 6.45) is 0. The average molecular weight is 483 g/mol. The largest absolute Gasteiger partial charge is 0.417 e. The summed E-state index contributed by atoms with van der Waals surface area (Å²) in [5.41, 5.74) is 2.56. The fourth-order valence-electron chi connectivity index (χ4n) is 3.60. The molecule has 2 aromatic heterocycles. The molecule has 5 rings (SSSR count). The summed E-state index contributed by atoms with van der Waals surface area (Å²) >= 11 is 0. The van der Waals surface area contributed by atoms with E-state index in [2.05, 4.69) is 29.9 Å². The van der Waals surface area contributed by atoms with Crippen LogP contribution in [-0.4, -0.2) is 49.7 Å². The lowest BCUT2D eigenvalue weighted by Gasteiger charge is -2.27. The Morgan fingerprint density at radius 1 is 1.00 bits per heavy atom. The van der Waals surface area contributed by atoms with Crippen molar-refractivity contribution in [3.63, 3.8) is 0 Å². The monoisotopic (exact) mass is 482 g/mol. The summed E-state index contributed by atoms with van der Waals surface area (Å²) in [5.74, 6) is 0.646. The molecule has 34 heavy (non-hydrogen) atoms. The van der Waals surface area contributed by atoms with E-state index in [0.717, 1.165) is 24.5 Å². The molecule has 1 saturated heterocycles. The van der Waals surface area contributed by atoms with Gasteiger partial charge in [0.05, 0.1) is 23.6 Å². The first-order valence-corrected chi connectivity index (χ1v) is 12.1. The van der Waals surface area contributed by atoms with Gasteiger partial charge >= 0.3 is 5.76 Å². The standard InChI is InChI=1S/C22H22N6O5S/c1-14-12-20(26-21(23-14)28-8-10-32-11-9-28)24-15-2-4-16(5-3-15)27-34(30,31)17-6-7-19-18(13-17)25-22(29)33-19/h2-7,12-13,27H,8-11H2,1H3,(H,25,29)(H,23,24,26). The molecule has 0 atom stereocenters. The topological polar surface area (TPSA) is 142 Å². The highest BCUT2D eigenvalue weighted by Crippen LogP contribution is 2.23. The van der Waals surface area contributed by atoms with Crippen molar-refractivity contribution in [1.29, 1.82) is 0 Å². The van der Waals surface area contributed by atoms with E-state index in [4.69, 9.17) is 9.15 Å². The van der Waals surface area contributed by atoms with Crippen LogP contribution in [0.1, 0.15) is 5.69 Å². The summed E-state index contributed by atoms with van der Waals surface area (Å²) in [6, 6.07) is 12.8. The van der Waals surface area contributed by atoms with E-state index in [-0.39, 0.29) is 10.5 Å². The Balaban J connectivity index is 1.30. The van der Waals surface area contributed by atoms with E-state index in [1.165, 1.54) is 18.2 Å². The van der Waals surface area contributed by atoms with E-state index in [1.54, 1.807) is 24.3 Å². The SMILES string of the molecule is Cc1cc(Nc2ccc(NS(=O)(=O)c3ccc4oc(=O)[nH]c4c3)cc2)nc(N2CCOCC2)n1. The van der Waals surface area contributed by atoms with E-state index >= 15 is 0 Å². The van der Waals surface area contributed by atoms with Gasteiger partial charge in [0.1, 0.15) is 5.82 Å². The zero-order chi connectivity index (χ0) is 23.7. The molecule has 12 heteroatoms. The first-order valence-electron chi connectivity index (χ1n) is 10.6. The zero-order valence-corrected chi connectivity index (χ0v) is 19.1. The van der Waals surface area contributed by atoms with E-state index in [9.17, 15) is 13.2 Å². The van der Waals surface area contributed by atoms with Crippen molar-refractivity contribution in [2.45, 2.75) is 11.8 Å². The van der Waals surface area contributed by atoms with Gasteiger partial charge in [0.15, 0.2) is 5.58 Å². The second-order valence-electron chi connectivity index (χ2n) is 7.77. The zero-order valence-electron chi connectivity index (χ0n) is 18.2. The van der Waals surface area contributed by atoms with Crippen LogP contribution in [0.5, 0.6) is 0 Å². The number of nitrogens with one attached hydrogen (secondary N) is 3. The number of hydrogen-bond acceptors (Lipinski definition) is 9. The highest BCUT2D eigenvalue weighted by atomic mass is 32.2. The number of morpholine rings is 1. The van der Waals surface area contributed by atoms with Crippen molar-refractivity contribution in [1.82, 2.24) is 15.0 Å². The minimum Gasteiger partial charge on any atom is -0.408 e. The number of aromatic amines is 1. The molecular formula is C22H22N6O5S. The van der Waals surface area contributed by atoms with Crippen molar-refractivity contribution < 1.29 is 17.6 Å². The lowest BCUT2D eigenvalue weighted by molar-refractivity contribution is 0.122. The number of ether oxygens (including phenoxy) is 1. The van der Waals surface area contributed by atoms with Crippen LogP contribution in [0, 0.1) is 6.92 Å². The molecule has 0 aliphatic carbocycles. The molecule has 3 N–H and O–H groups in total. The Kier molecular flexibility index (Phi) is 5.67. The summed E-state index contributed by atoms with van der Waals surface area (Å²) in [4.78, 5) is 25.0. The van der Waals surface area contributed by atoms with Gasteiger partial charge in [-0.3, -0.25) is 9.71 Å². The minimum atomic E-state index is -3.86. The molecule has 176 valence electrons. The molecule has 0 bridgehead atoms. The predicted molar refractivity (Wildman–Crippen MR) is 127 cm³/mol. The quantitative estimate of drug-likeness (QED) is 0.378. The van der Waals surface area contributed by atoms with Crippen molar-refractivity contribution in [3.8, 4) is 0 Å². The summed E-state index contributed by atoms with van der Waals surface area (Å²) < 4.78 is 38.4. The molecule has 0 radical (unpaired) electrons. The maximum absolute atomic E-state index is 12.8. The third kappa shape index (κ3) is 4.72.